The van der Waals surface area contributed by atoms with E-state index in [2.05, 4.69) is 37.1 Å². The zero-order valence-corrected chi connectivity index (χ0v) is 9.98. The molecular formula is C13H20N2O. The van der Waals surface area contributed by atoms with Gasteiger partial charge in [-0.2, -0.15) is 0 Å². The summed E-state index contributed by atoms with van der Waals surface area (Å²) in [7, 11) is 2.06. The van der Waals surface area contributed by atoms with Crippen molar-refractivity contribution in [3.63, 3.8) is 0 Å². The average molecular weight is 220 g/mol. The summed E-state index contributed by atoms with van der Waals surface area (Å²) in [5.41, 5.74) is 9.36. The summed E-state index contributed by atoms with van der Waals surface area (Å²) in [4.78, 5) is 2.19. The first-order valence-electron chi connectivity index (χ1n) is 5.89. The zero-order valence-electron chi connectivity index (χ0n) is 9.98. The maximum atomic E-state index is 9.93. The van der Waals surface area contributed by atoms with E-state index in [4.69, 9.17) is 5.73 Å². The van der Waals surface area contributed by atoms with Crippen LogP contribution >= 0.6 is 0 Å². The Kier molecular flexibility index (Phi) is 3.17. The van der Waals surface area contributed by atoms with Crippen molar-refractivity contribution in [1.29, 1.82) is 0 Å². The Morgan fingerprint density at radius 3 is 2.94 bits per heavy atom. The van der Waals surface area contributed by atoms with E-state index in [1.54, 1.807) is 0 Å². The summed E-state index contributed by atoms with van der Waals surface area (Å²) in [6.07, 6.45) is 0.596. The number of anilines is 1. The van der Waals surface area contributed by atoms with Gasteiger partial charge in [0, 0.05) is 31.7 Å². The van der Waals surface area contributed by atoms with Gasteiger partial charge in [0.25, 0.3) is 0 Å². The normalized spacial score (nSPS) is 21.0. The molecule has 0 radical (unpaired) electrons. The van der Waals surface area contributed by atoms with Gasteiger partial charge >= 0.3 is 0 Å². The molecule has 3 N–H and O–H groups in total. The van der Waals surface area contributed by atoms with Crippen molar-refractivity contribution in [3.8, 4) is 0 Å². The number of aryl methyl sites for hydroxylation is 1. The van der Waals surface area contributed by atoms with Crippen LogP contribution in [0.15, 0.2) is 18.2 Å². The van der Waals surface area contributed by atoms with Gasteiger partial charge in [-0.3, -0.25) is 0 Å². The van der Waals surface area contributed by atoms with E-state index in [1.165, 1.54) is 16.8 Å². The molecule has 0 aromatic heterocycles. The van der Waals surface area contributed by atoms with Crippen molar-refractivity contribution in [2.24, 2.45) is 5.73 Å². The quantitative estimate of drug-likeness (QED) is 0.802. The van der Waals surface area contributed by atoms with Gasteiger partial charge in [0.15, 0.2) is 0 Å². The van der Waals surface area contributed by atoms with Crippen LogP contribution in [0.5, 0.6) is 0 Å². The smallest absolute Gasteiger partial charge is 0.0748 e. The topological polar surface area (TPSA) is 49.5 Å². The number of hydrogen-bond acceptors (Lipinski definition) is 3. The molecule has 3 heteroatoms. The van der Waals surface area contributed by atoms with Gasteiger partial charge in [0.05, 0.1) is 6.10 Å². The van der Waals surface area contributed by atoms with Crippen molar-refractivity contribution in [1.82, 2.24) is 0 Å². The Labute approximate surface area is 96.9 Å². The number of benzene rings is 1. The fourth-order valence-corrected chi connectivity index (χ4v) is 2.45. The Morgan fingerprint density at radius 2 is 2.31 bits per heavy atom. The molecule has 1 aliphatic heterocycles. The Hall–Kier alpha value is -1.06. The lowest BCUT2D eigenvalue weighted by molar-refractivity contribution is 0.156. The summed E-state index contributed by atoms with van der Waals surface area (Å²) in [6.45, 7) is 3.34. The molecule has 1 aromatic rings. The highest BCUT2D eigenvalue weighted by Gasteiger charge is 2.31. The number of aliphatic hydroxyl groups excluding tert-OH is 1. The molecule has 3 nitrogen and oxygen atoms in total. The van der Waals surface area contributed by atoms with E-state index >= 15 is 0 Å². The Bertz CT molecular complexity index is 378. The highest BCUT2D eigenvalue weighted by atomic mass is 16.3. The second-order valence-electron chi connectivity index (χ2n) is 4.54. The van der Waals surface area contributed by atoms with Crippen LogP contribution in [0.25, 0.3) is 0 Å². The Morgan fingerprint density at radius 1 is 1.56 bits per heavy atom. The predicted octanol–water partition coefficient (Wildman–Crippen LogP) is 1.10. The van der Waals surface area contributed by atoms with Gasteiger partial charge in [-0.1, -0.05) is 19.1 Å². The van der Waals surface area contributed by atoms with E-state index in [9.17, 15) is 5.11 Å². The highest BCUT2D eigenvalue weighted by Crippen LogP contribution is 2.37. The minimum absolute atomic E-state index is 0.163. The molecule has 0 bridgehead atoms. The van der Waals surface area contributed by atoms with Crippen LogP contribution in [0.2, 0.25) is 0 Å². The second kappa shape index (κ2) is 4.44. The van der Waals surface area contributed by atoms with Crippen molar-refractivity contribution < 1.29 is 5.11 Å². The zero-order chi connectivity index (χ0) is 11.7. The van der Waals surface area contributed by atoms with Gasteiger partial charge in [0.2, 0.25) is 0 Å². The monoisotopic (exact) mass is 220 g/mol. The van der Waals surface area contributed by atoms with Crippen LogP contribution in [0.4, 0.5) is 5.69 Å². The first-order chi connectivity index (χ1) is 7.67. The first-order valence-corrected chi connectivity index (χ1v) is 5.89. The van der Waals surface area contributed by atoms with E-state index in [1.807, 2.05) is 0 Å². The molecule has 0 saturated carbocycles. The molecule has 2 unspecified atom stereocenters. The summed E-state index contributed by atoms with van der Waals surface area (Å²) in [5.74, 6) is 0.163. The first kappa shape index (κ1) is 11.4. The number of likely N-dealkylation sites (N-methyl/N-ethyl adjacent to an activating group) is 1. The van der Waals surface area contributed by atoms with Gasteiger partial charge < -0.3 is 15.7 Å². The number of fused-ring (bicyclic) bond motifs is 1. The van der Waals surface area contributed by atoms with Gasteiger partial charge in [-0.25, -0.2) is 0 Å². The molecule has 1 aliphatic rings. The SMILES string of the molecule is CCc1ccc2c(c1)C(C(O)CN)CN2C. The largest absolute Gasteiger partial charge is 0.391 e. The lowest BCUT2D eigenvalue weighted by atomic mass is 9.93. The highest BCUT2D eigenvalue weighted by molar-refractivity contribution is 5.61. The van der Waals surface area contributed by atoms with Crippen molar-refractivity contribution in [2.45, 2.75) is 25.4 Å². The Balaban J connectivity index is 2.38. The minimum Gasteiger partial charge on any atom is -0.391 e. The number of rotatable bonds is 3. The lowest BCUT2D eigenvalue weighted by Crippen LogP contribution is -2.30. The van der Waals surface area contributed by atoms with Gasteiger partial charge in [-0.05, 0) is 23.6 Å². The molecule has 16 heavy (non-hydrogen) atoms. The standard InChI is InChI=1S/C13H20N2O/c1-3-9-4-5-12-10(6-9)11(8-15(12)2)13(16)7-14/h4-6,11,13,16H,3,7-8,14H2,1-2H3. The molecule has 0 amide bonds. The summed E-state index contributed by atoms with van der Waals surface area (Å²) in [6, 6.07) is 6.52. The minimum atomic E-state index is -0.434. The molecule has 2 atom stereocenters. The fourth-order valence-electron chi connectivity index (χ4n) is 2.45. The molecule has 0 saturated heterocycles. The van der Waals surface area contributed by atoms with Crippen LogP contribution in [0.3, 0.4) is 0 Å². The van der Waals surface area contributed by atoms with Gasteiger partial charge in [0.1, 0.15) is 0 Å². The lowest BCUT2D eigenvalue weighted by Gasteiger charge is -2.17. The number of nitrogens with two attached hydrogens (primary N) is 1. The summed E-state index contributed by atoms with van der Waals surface area (Å²) >= 11 is 0. The van der Waals surface area contributed by atoms with Crippen LogP contribution in [-0.4, -0.2) is 31.3 Å². The molecule has 0 spiro atoms. The number of nitrogens with zero attached hydrogens (tertiary/aromatic N) is 1. The third-order valence-electron chi connectivity index (χ3n) is 3.49. The third kappa shape index (κ3) is 1.81. The summed E-state index contributed by atoms with van der Waals surface area (Å²) < 4.78 is 0. The third-order valence-corrected chi connectivity index (χ3v) is 3.49. The molecular weight excluding hydrogens is 200 g/mol. The van der Waals surface area contributed by atoms with E-state index < -0.39 is 6.10 Å². The maximum Gasteiger partial charge on any atom is 0.0748 e. The molecule has 0 aliphatic carbocycles. The van der Waals surface area contributed by atoms with E-state index in [0.29, 0.717) is 6.54 Å². The molecule has 0 fully saturated rings. The number of hydrogen-bond donors (Lipinski definition) is 2. The van der Waals surface area contributed by atoms with E-state index in [0.717, 1.165) is 13.0 Å². The van der Waals surface area contributed by atoms with E-state index in [-0.39, 0.29) is 5.92 Å². The predicted molar refractivity (Wildman–Crippen MR) is 66.9 cm³/mol. The van der Waals surface area contributed by atoms with Gasteiger partial charge in [-0.15, -0.1) is 0 Å². The van der Waals surface area contributed by atoms with Crippen LogP contribution < -0.4 is 10.6 Å². The van der Waals surface area contributed by atoms with Crippen LogP contribution in [-0.2, 0) is 6.42 Å². The molecule has 1 heterocycles. The summed E-state index contributed by atoms with van der Waals surface area (Å²) in [5, 5.41) is 9.93. The van der Waals surface area contributed by atoms with Crippen LogP contribution in [0, 0.1) is 0 Å². The van der Waals surface area contributed by atoms with Crippen molar-refractivity contribution in [2.75, 3.05) is 25.0 Å². The van der Waals surface area contributed by atoms with Crippen molar-refractivity contribution >= 4 is 5.69 Å². The average Bonchev–Trinajstić information content (AvgIpc) is 2.65. The number of aliphatic hydroxyl groups is 1. The molecule has 1 aromatic carbocycles. The fraction of sp³-hybridized carbons (Fsp3) is 0.538. The molecule has 88 valence electrons. The molecule has 2 rings (SSSR count). The van der Waals surface area contributed by atoms with Crippen molar-refractivity contribution in [3.05, 3.63) is 29.3 Å². The maximum absolute atomic E-state index is 9.93. The van der Waals surface area contributed by atoms with Crippen LogP contribution in [0.1, 0.15) is 24.0 Å². The second-order valence-corrected chi connectivity index (χ2v) is 4.54.